The largest absolute Gasteiger partial charge is 0.477 e. The number of anilines is 1. The summed E-state index contributed by atoms with van der Waals surface area (Å²) in [5.74, 6) is -0.507. The van der Waals surface area contributed by atoms with E-state index in [1.807, 2.05) is 0 Å². The van der Waals surface area contributed by atoms with Crippen molar-refractivity contribution in [2.45, 2.75) is 0 Å². The SMILES string of the molecule is O=C(COc1ccc(Cl)cc1[N+](=O)[O-])Nc1cccc2nsnc12. The monoisotopic (exact) mass is 364 g/mol. The Bertz CT molecular complexity index is 930. The molecule has 3 rings (SSSR count). The van der Waals surface area contributed by atoms with Gasteiger partial charge in [-0.2, -0.15) is 8.75 Å². The number of nitrogens with one attached hydrogen (secondary N) is 1. The molecule has 0 aliphatic carbocycles. The van der Waals surface area contributed by atoms with Gasteiger partial charge in [0, 0.05) is 11.1 Å². The van der Waals surface area contributed by atoms with Gasteiger partial charge in [-0.05, 0) is 24.3 Å². The lowest BCUT2D eigenvalue weighted by molar-refractivity contribution is -0.385. The van der Waals surface area contributed by atoms with E-state index in [0.717, 1.165) is 17.8 Å². The smallest absolute Gasteiger partial charge is 0.312 e. The van der Waals surface area contributed by atoms with Crippen LogP contribution in [0.3, 0.4) is 0 Å². The number of fused-ring (bicyclic) bond motifs is 1. The van der Waals surface area contributed by atoms with Gasteiger partial charge in [0.2, 0.25) is 0 Å². The lowest BCUT2D eigenvalue weighted by Crippen LogP contribution is -2.20. The second-order valence-corrected chi connectivity index (χ2v) is 5.61. The molecule has 0 fully saturated rings. The summed E-state index contributed by atoms with van der Waals surface area (Å²) in [4.78, 5) is 22.4. The molecule has 8 nitrogen and oxygen atoms in total. The number of amides is 1. The minimum Gasteiger partial charge on any atom is -0.477 e. The maximum atomic E-state index is 12.0. The van der Waals surface area contributed by atoms with E-state index in [2.05, 4.69) is 14.1 Å². The number of hydrogen-bond donors (Lipinski definition) is 1. The highest BCUT2D eigenvalue weighted by molar-refractivity contribution is 7.00. The first-order valence-corrected chi connectivity index (χ1v) is 7.73. The van der Waals surface area contributed by atoms with Crippen LogP contribution in [-0.2, 0) is 4.79 Å². The average Bonchev–Trinajstić information content (AvgIpc) is 3.03. The number of carbonyl (C=O) groups excluding carboxylic acids is 1. The van der Waals surface area contributed by atoms with Crippen LogP contribution in [0.25, 0.3) is 11.0 Å². The summed E-state index contributed by atoms with van der Waals surface area (Å²) < 4.78 is 13.4. The number of nitro benzene ring substituents is 1. The van der Waals surface area contributed by atoms with Crippen LogP contribution in [0.5, 0.6) is 5.75 Å². The number of ether oxygens (including phenoxy) is 1. The Balaban J connectivity index is 1.70. The normalized spacial score (nSPS) is 10.5. The van der Waals surface area contributed by atoms with Gasteiger partial charge in [-0.3, -0.25) is 14.9 Å². The van der Waals surface area contributed by atoms with E-state index < -0.39 is 17.4 Å². The third kappa shape index (κ3) is 3.42. The van der Waals surface area contributed by atoms with Gasteiger partial charge < -0.3 is 10.1 Å². The lowest BCUT2D eigenvalue weighted by atomic mass is 10.2. The molecular formula is C14H9ClN4O4S. The van der Waals surface area contributed by atoms with Crippen molar-refractivity contribution in [3.63, 3.8) is 0 Å². The summed E-state index contributed by atoms with van der Waals surface area (Å²) in [5, 5.41) is 13.8. The topological polar surface area (TPSA) is 107 Å². The van der Waals surface area contributed by atoms with Crippen LogP contribution in [0.2, 0.25) is 5.02 Å². The van der Waals surface area contributed by atoms with Crippen molar-refractivity contribution in [3.05, 3.63) is 51.5 Å². The van der Waals surface area contributed by atoms with Gasteiger partial charge in [0.15, 0.2) is 12.4 Å². The molecule has 1 heterocycles. The second-order valence-electron chi connectivity index (χ2n) is 4.64. The highest BCUT2D eigenvalue weighted by Gasteiger charge is 2.17. The predicted octanol–water partition coefficient (Wildman–Crippen LogP) is 3.27. The summed E-state index contributed by atoms with van der Waals surface area (Å²) >= 11 is 6.77. The van der Waals surface area contributed by atoms with Gasteiger partial charge in [0.25, 0.3) is 5.91 Å². The van der Waals surface area contributed by atoms with E-state index in [1.54, 1.807) is 18.2 Å². The van der Waals surface area contributed by atoms with Crippen molar-refractivity contribution < 1.29 is 14.5 Å². The Kier molecular flexibility index (Phi) is 4.54. The summed E-state index contributed by atoms with van der Waals surface area (Å²) in [5.41, 5.74) is 1.45. The second kappa shape index (κ2) is 6.77. The molecular weight excluding hydrogens is 356 g/mol. The number of benzene rings is 2. The van der Waals surface area contributed by atoms with E-state index in [-0.39, 0.29) is 16.5 Å². The molecule has 3 aromatic rings. The zero-order valence-corrected chi connectivity index (χ0v) is 13.5. The van der Waals surface area contributed by atoms with Crippen LogP contribution >= 0.6 is 23.3 Å². The number of carbonyl (C=O) groups is 1. The first-order chi connectivity index (χ1) is 11.5. The number of rotatable bonds is 5. The average molecular weight is 365 g/mol. The predicted molar refractivity (Wildman–Crippen MR) is 89.6 cm³/mol. The molecule has 0 spiro atoms. The number of halogens is 1. The van der Waals surface area contributed by atoms with Crippen LogP contribution in [0.1, 0.15) is 0 Å². The fourth-order valence-corrected chi connectivity index (χ4v) is 2.71. The third-order valence-corrected chi connectivity index (χ3v) is 3.81. The van der Waals surface area contributed by atoms with Crippen LogP contribution in [-0.4, -0.2) is 26.2 Å². The van der Waals surface area contributed by atoms with Gasteiger partial charge >= 0.3 is 5.69 Å². The first-order valence-electron chi connectivity index (χ1n) is 6.62. The molecule has 24 heavy (non-hydrogen) atoms. The van der Waals surface area contributed by atoms with Crippen molar-refractivity contribution in [1.29, 1.82) is 0 Å². The van der Waals surface area contributed by atoms with Crippen molar-refractivity contribution in [1.82, 2.24) is 8.75 Å². The van der Waals surface area contributed by atoms with E-state index in [9.17, 15) is 14.9 Å². The molecule has 0 unspecified atom stereocenters. The molecule has 2 aromatic carbocycles. The number of hydrogen-bond acceptors (Lipinski definition) is 7. The fraction of sp³-hybridized carbons (Fsp3) is 0.0714. The van der Waals surface area contributed by atoms with E-state index >= 15 is 0 Å². The van der Waals surface area contributed by atoms with Crippen LogP contribution in [0.4, 0.5) is 11.4 Å². The van der Waals surface area contributed by atoms with Gasteiger partial charge in [0.1, 0.15) is 11.0 Å². The van der Waals surface area contributed by atoms with E-state index in [4.69, 9.17) is 16.3 Å². The van der Waals surface area contributed by atoms with Gasteiger partial charge in [-0.1, -0.05) is 17.7 Å². The molecule has 0 atom stereocenters. The Labute approximate surface area is 144 Å². The summed E-state index contributed by atoms with van der Waals surface area (Å²) in [7, 11) is 0. The van der Waals surface area contributed by atoms with E-state index in [0.29, 0.717) is 16.7 Å². The third-order valence-electron chi connectivity index (χ3n) is 3.04. The quantitative estimate of drug-likeness (QED) is 0.550. The van der Waals surface area contributed by atoms with Crippen molar-refractivity contribution >= 4 is 51.6 Å². The van der Waals surface area contributed by atoms with Crippen LogP contribution in [0.15, 0.2) is 36.4 Å². The highest BCUT2D eigenvalue weighted by Crippen LogP contribution is 2.30. The Morgan fingerprint density at radius 3 is 2.96 bits per heavy atom. The molecule has 0 aliphatic heterocycles. The highest BCUT2D eigenvalue weighted by atomic mass is 35.5. The van der Waals surface area contributed by atoms with Gasteiger partial charge in [0.05, 0.1) is 22.3 Å². The Hall–Kier alpha value is -2.78. The maximum Gasteiger partial charge on any atom is 0.312 e. The van der Waals surface area contributed by atoms with Gasteiger partial charge in [-0.25, -0.2) is 0 Å². The molecule has 122 valence electrons. The zero-order valence-electron chi connectivity index (χ0n) is 11.9. The van der Waals surface area contributed by atoms with Crippen molar-refractivity contribution in [2.75, 3.05) is 11.9 Å². The van der Waals surface area contributed by atoms with Gasteiger partial charge in [-0.15, -0.1) is 0 Å². The molecule has 0 bridgehead atoms. The van der Waals surface area contributed by atoms with E-state index in [1.165, 1.54) is 12.1 Å². The molecule has 0 saturated heterocycles. The van der Waals surface area contributed by atoms with Crippen molar-refractivity contribution in [2.24, 2.45) is 0 Å². The molecule has 1 amide bonds. The fourth-order valence-electron chi connectivity index (χ4n) is 1.99. The number of aromatic nitrogens is 2. The molecule has 1 aromatic heterocycles. The first kappa shape index (κ1) is 16.1. The summed E-state index contributed by atoms with van der Waals surface area (Å²) in [6.07, 6.45) is 0. The molecule has 0 radical (unpaired) electrons. The molecule has 1 N–H and O–H groups in total. The van der Waals surface area contributed by atoms with Crippen LogP contribution < -0.4 is 10.1 Å². The van der Waals surface area contributed by atoms with Crippen LogP contribution in [0, 0.1) is 10.1 Å². The molecule has 0 aliphatic rings. The number of nitrogens with zero attached hydrogens (tertiary/aromatic N) is 3. The Morgan fingerprint density at radius 1 is 1.33 bits per heavy atom. The standard InChI is InChI=1S/C14H9ClN4O4S/c15-8-4-5-12(11(6-8)19(21)22)23-7-13(20)16-9-2-1-3-10-14(9)18-24-17-10/h1-6H,7H2,(H,16,20). The summed E-state index contributed by atoms with van der Waals surface area (Å²) in [6.45, 7) is -0.392. The minimum absolute atomic E-state index is 0.0342. The molecule has 10 heteroatoms. The molecule has 0 saturated carbocycles. The zero-order chi connectivity index (χ0) is 17.1. The van der Waals surface area contributed by atoms with Crippen molar-refractivity contribution in [3.8, 4) is 5.75 Å². The number of nitro groups is 1. The maximum absolute atomic E-state index is 12.0. The minimum atomic E-state index is -0.624. The lowest BCUT2D eigenvalue weighted by Gasteiger charge is -2.08. The summed E-state index contributed by atoms with van der Waals surface area (Å²) in [6, 6.07) is 9.16. The Morgan fingerprint density at radius 2 is 2.17 bits per heavy atom.